The zero-order valence-electron chi connectivity index (χ0n) is 13.8. The summed E-state index contributed by atoms with van der Waals surface area (Å²) in [5.41, 5.74) is 0.719. The number of piperazine rings is 1. The van der Waals surface area contributed by atoms with Gasteiger partial charge in [0.15, 0.2) is 0 Å². The molecule has 0 aromatic heterocycles. The number of hydrogen-bond acceptors (Lipinski definition) is 3. The predicted molar refractivity (Wildman–Crippen MR) is 88.8 cm³/mol. The number of fused-ring (bicyclic) bond motifs is 1. The van der Waals surface area contributed by atoms with Gasteiger partial charge in [-0.3, -0.25) is 4.79 Å². The average Bonchev–Trinajstić information content (AvgIpc) is 2.99. The smallest absolute Gasteiger partial charge is 0.320 e. The van der Waals surface area contributed by atoms with Crippen LogP contribution in [-0.4, -0.2) is 78.1 Å². The summed E-state index contributed by atoms with van der Waals surface area (Å²) in [6.45, 7) is 4.05. The van der Waals surface area contributed by atoms with Crippen molar-refractivity contribution in [1.82, 2.24) is 14.7 Å². The fourth-order valence-corrected chi connectivity index (χ4v) is 3.98. The van der Waals surface area contributed by atoms with Crippen molar-refractivity contribution in [2.75, 3.05) is 39.4 Å². The van der Waals surface area contributed by atoms with Crippen LogP contribution in [-0.2, 0) is 4.74 Å². The molecule has 1 aromatic rings. The summed E-state index contributed by atoms with van der Waals surface area (Å²) in [5.74, 6) is 0.0622. The number of amides is 3. The van der Waals surface area contributed by atoms with Crippen LogP contribution in [0.1, 0.15) is 23.2 Å². The molecule has 3 aliphatic heterocycles. The van der Waals surface area contributed by atoms with E-state index in [4.69, 9.17) is 4.74 Å². The largest absolute Gasteiger partial charge is 0.381 e. The van der Waals surface area contributed by atoms with Gasteiger partial charge in [-0.25, -0.2) is 4.79 Å². The molecule has 128 valence electrons. The molecule has 6 heteroatoms. The maximum Gasteiger partial charge on any atom is 0.320 e. The maximum absolute atomic E-state index is 12.7. The topological polar surface area (TPSA) is 53.1 Å². The van der Waals surface area contributed by atoms with E-state index in [-0.39, 0.29) is 24.0 Å². The molecule has 3 aliphatic rings. The van der Waals surface area contributed by atoms with Gasteiger partial charge >= 0.3 is 6.03 Å². The summed E-state index contributed by atoms with van der Waals surface area (Å²) in [6.07, 6.45) is 1.83. The van der Waals surface area contributed by atoms with Gasteiger partial charge in [0.05, 0.1) is 6.04 Å². The van der Waals surface area contributed by atoms with E-state index in [1.807, 2.05) is 45.0 Å². The number of carbonyl (C=O) groups excluding carboxylic acids is 2. The number of urea groups is 1. The zero-order chi connectivity index (χ0) is 16.5. The third-order valence-corrected chi connectivity index (χ3v) is 5.32. The SMILES string of the molecule is O=C(c1ccccc1)N1CCN2C(=O)N(C3CCOCC3)C[C@H]2C1. The predicted octanol–water partition coefficient (Wildman–Crippen LogP) is 1.43. The third-order valence-electron chi connectivity index (χ3n) is 5.32. The molecular weight excluding hydrogens is 306 g/mol. The number of hydrogen-bond donors (Lipinski definition) is 0. The monoisotopic (exact) mass is 329 g/mol. The first-order chi connectivity index (χ1) is 11.7. The van der Waals surface area contributed by atoms with Gasteiger partial charge in [-0.05, 0) is 25.0 Å². The Bertz CT molecular complexity index is 615. The summed E-state index contributed by atoms with van der Waals surface area (Å²) < 4.78 is 5.41. The van der Waals surface area contributed by atoms with E-state index in [0.717, 1.165) is 38.2 Å². The van der Waals surface area contributed by atoms with Crippen LogP contribution >= 0.6 is 0 Å². The highest BCUT2D eigenvalue weighted by molar-refractivity contribution is 5.94. The van der Waals surface area contributed by atoms with Gasteiger partial charge in [0.1, 0.15) is 0 Å². The van der Waals surface area contributed by atoms with Crippen molar-refractivity contribution in [3.63, 3.8) is 0 Å². The lowest BCUT2D eigenvalue weighted by molar-refractivity contribution is 0.0504. The minimum Gasteiger partial charge on any atom is -0.381 e. The molecule has 0 radical (unpaired) electrons. The third kappa shape index (κ3) is 2.75. The van der Waals surface area contributed by atoms with Gasteiger partial charge in [-0.1, -0.05) is 18.2 Å². The number of carbonyl (C=O) groups is 2. The van der Waals surface area contributed by atoms with Crippen molar-refractivity contribution in [2.45, 2.75) is 24.9 Å². The first kappa shape index (κ1) is 15.4. The fraction of sp³-hybridized carbons (Fsp3) is 0.556. The lowest BCUT2D eigenvalue weighted by atomic mass is 10.1. The molecule has 4 rings (SSSR count). The summed E-state index contributed by atoms with van der Waals surface area (Å²) in [6, 6.07) is 9.92. The van der Waals surface area contributed by atoms with Crippen LogP contribution < -0.4 is 0 Å². The van der Waals surface area contributed by atoms with Crippen LogP contribution in [0.3, 0.4) is 0 Å². The van der Waals surface area contributed by atoms with E-state index >= 15 is 0 Å². The van der Waals surface area contributed by atoms with Crippen molar-refractivity contribution in [3.05, 3.63) is 35.9 Å². The minimum atomic E-state index is 0.0622. The van der Waals surface area contributed by atoms with Gasteiger partial charge in [0.2, 0.25) is 0 Å². The lowest BCUT2D eigenvalue weighted by Gasteiger charge is -2.36. The van der Waals surface area contributed by atoms with Crippen LogP contribution in [0, 0.1) is 0 Å². The molecule has 1 atom stereocenters. The second kappa shape index (κ2) is 6.43. The Labute approximate surface area is 142 Å². The Morgan fingerprint density at radius 2 is 1.71 bits per heavy atom. The molecule has 0 bridgehead atoms. The standard InChI is InChI=1S/C18H23N3O3/c22-17(14-4-2-1-3-5-14)19-8-9-20-16(12-19)13-21(18(20)23)15-6-10-24-11-7-15/h1-5,15-16H,6-13H2/t16-/m1/s1. The molecule has 0 unspecified atom stereocenters. The Kier molecular flexibility index (Phi) is 4.14. The van der Waals surface area contributed by atoms with Crippen LogP contribution in [0.4, 0.5) is 4.79 Å². The second-order valence-electron chi connectivity index (χ2n) is 6.74. The van der Waals surface area contributed by atoms with Crippen molar-refractivity contribution in [2.24, 2.45) is 0 Å². The highest BCUT2D eigenvalue weighted by atomic mass is 16.5. The van der Waals surface area contributed by atoms with Crippen molar-refractivity contribution >= 4 is 11.9 Å². The van der Waals surface area contributed by atoms with Crippen LogP contribution in [0.5, 0.6) is 0 Å². The number of ether oxygens (including phenoxy) is 1. The van der Waals surface area contributed by atoms with E-state index in [1.54, 1.807) is 0 Å². The molecular formula is C18H23N3O3. The summed E-state index contributed by atoms with van der Waals surface area (Å²) in [5, 5.41) is 0. The highest BCUT2D eigenvalue weighted by Crippen LogP contribution is 2.26. The molecule has 0 saturated carbocycles. The molecule has 3 amide bonds. The van der Waals surface area contributed by atoms with Crippen LogP contribution in [0.15, 0.2) is 30.3 Å². The molecule has 0 N–H and O–H groups in total. The number of benzene rings is 1. The Hall–Kier alpha value is -2.08. The minimum absolute atomic E-state index is 0.0622. The second-order valence-corrected chi connectivity index (χ2v) is 6.74. The molecule has 24 heavy (non-hydrogen) atoms. The van der Waals surface area contributed by atoms with E-state index in [2.05, 4.69) is 0 Å². The zero-order valence-corrected chi connectivity index (χ0v) is 13.8. The molecule has 3 saturated heterocycles. The van der Waals surface area contributed by atoms with E-state index in [1.165, 1.54) is 0 Å². The highest BCUT2D eigenvalue weighted by Gasteiger charge is 2.44. The van der Waals surface area contributed by atoms with Crippen LogP contribution in [0.2, 0.25) is 0 Å². The lowest BCUT2D eigenvalue weighted by Crippen LogP contribution is -2.53. The van der Waals surface area contributed by atoms with Crippen molar-refractivity contribution in [1.29, 1.82) is 0 Å². The Morgan fingerprint density at radius 3 is 2.46 bits per heavy atom. The van der Waals surface area contributed by atoms with E-state index < -0.39 is 0 Å². The molecule has 0 aliphatic carbocycles. The van der Waals surface area contributed by atoms with Gasteiger partial charge in [0, 0.05) is 51.0 Å². The summed E-state index contributed by atoms with van der Waals surface area (Å²) in [7, 11) is 0. The van der Waals surface area contributed by atoms with E-state index in [9.17, 15) is 9.59 Å². The quantitative estimate of drug-likeness (QED) is 0.825. The van der Waals surface area contributed by atoms with Crippen molar-refractivity contribution in [3.8, 4) is 0 Å². The fourth-order valence-electron chi connectivity index (χ4n) is 3.98. The summed E-state index contributed by atoms with van der Waals surface area (Å²) in [4.78, 5) is 31.2. The van der Waals surface area contributed by atoms with Gasteiger partial charge in [0.25, 0.3) is 5.91 Å². The maximum atomic E-state index is 12.7. The Balaban J connectivity index is 1.44. The first-order valence-electron chi connectivity index (χ1n) is 8.73. The number of rotatable bonds is 2. The first-order valence-corrected chi connectivity index (χ1v) is 8.73. The molecule has 1 aromatic carbocycles. The number of nitrogens with zero attached hydrogens (tertiary/aromatic N) is 3. The molecule has 3 fully saturated rings. The van der Waals surface area contributed by atoms with Gasteiger partial charge in [-0.2, -0.15) is 0 Å². The van der Waals surface area contributed by atoms with Crippen LogP contribution in [0.25, 0.3) is 0 Å². The summed E-state index contributed by atoms with van der Waals surface area (Å²) >= 11 is 0. The average molecular weight is 329 g/mol. The normalized spacial score (nSPS) is 25.1. The molecule has 3 heterocycles. The molecule has 0 spiro atoms. The van der Waals surface area contributed by atoms with Gasteiger partial charge < -0.3 is 19.4 Å². The Morgan fingerprint density at radius 1 is 0.958 bits per heavy atom. The van der Waals surface area contributed by atoms with Crippen molar-refractivity contribution < 1.29 is 14.3 Å². The van der Waals surface area contributed by atoms with Gasteiger partial charge in [-0.15, -0.1) is 0 Å². The van der Waals surface area contributed by atoms with E-state index in [0.29, 0.717) is 19.6 Å². The molecule has 6 nitrogen and oxygen atoms in total.